The van der Waals surface area contributed by atoms with Gasteiger partial charge in [0, 0.05) is 12.3 Å². The van der Waals surface area contributed by atoms with Crippen LogP contribution < -0.4 is 4.74 Å². The number of carbonyl (C=O) groups excluding carboxylic acids is 1. The van der Waals surface area contributed by atoms with Gasteiger partial charge >= 0.3 is 5.97 Å². The molecule has 3 nitrogen and oxygen atoms in total. The Morgan fingerprint density at radius 1 is 0.806 bits per heavy atom. The standard InChI is InChI=1S/C28H46O3/c1-3-5-7-8-9-10-11-12-13-18-28(29)31-27-17-15-14-16-26(27)24-19-21-25(22-20-24)30-23-6-4-2/h19-22,26-27H,3-18,23H2,1-2H3/t26-,27+/m0/s1. The Kier molecular flexibility index (Phi) is 13.4. The van der Waals surface area contributed by atoms with Crippen LogP contribution in [0.5, 0.6) is 5.75 Å². The molecule has 0 N–H and O–H groups in total. The van der Waals surface area contributed by atoms with Crippen molar-refractivity contribution in [3.8, 4) is 5.75 Å². The van der Waals surface area contributed by atoms with Gasteiger partial charge in [0.2, 0.25) is 0 Å². The Morgan fingerprint density at radius 3 is 2.10 bits per heavy atom. The van der Waals surface area contributed by atoms with Crippen molar-refractivity contribution in [1.29, 1.82) is 0 Å². The van der Waals surface area contributed by atoms with Gasteiger partial charge in [0.1, 0.15) is 11.9 Å². The fraction of sp³-hybridized carbons (Fsp3) is 0.750. The van der Waals surface area contributed by atoms with Crippen LogP contribution in [0, 0.1) is 0 Å². The van der Waals surface area contributed by atoms with Gasteiger partial charge in [-0.2, -0.15) is 0 Å². The highest BCUT2D eigenvalue weighted by Crippen LogP contribution is 2.36. The Hall–Kier alpha value is -1.51. The molecule has 176 valence electrons. The number of rotatable bonds is 16. The molecular weight excluding hydrogens is 384 g/mol. The van der Waals surface area contributed by atoms with E-state index in [9.17, 15) is 4.79 Å². The second-order valence-corrected chi connectivity index (χ2v) is 9.27. The molecule has 0 radical (unpaired) electrons. The maximum Gasteiger partial charge on any atom is 0.306 e. The van der Waals surface area contributed by atoms with Crippen LogP contribution in [0.3, 0.4) is 0 Å². The lowest BCUT2D eigenvalue weighted by molar-refractivity contribution is -0.151. The topological polar surface area (TPSA) is 35.5 Å². The minimum atomic E-state index is -0.000588. The summed E-state index contributed by atoms with van der Waals surface area (Å²) >= 11 is 0. The van der Waals surface area contributed by atoms with E-state index in [0.29, 0.717) is 12.3 Å². The van der Waals surface area contributed by atoms with Crippen molar-refractivity contribution in [3.05, 3.63) is 29.8 Å². The average molecular weight is 431 g/mol. The van der Waals surface area contributed by atoms with Crippen LogP contribution in [-0.2, 0) is 9.53 Å². The Balaban J connectivity index is 1.68. The van der Waals surface area contributed by atoms with E-state index in [-0.39, 0.29) is 12.1 Å². The molecule has 0 heterocycles. The molecule has 31 heavy (non-hydrogen) atoms. The number of carbonyl (C=O) groups is 1. The fourth-order valence-corrected chi connectivity index (χ4v) is 4.57. The SMILES string of the molecule is CCCCCCCCCCCC(=O)O[C@@H]1CCCC[C@H]1c1ccc(OCCCC)cc1. The monoisotopic (exact) mass is 430 g/mol. The van der Waals surface area contributed by atoms with E-state index < -0.39 is 0 Å². The van der Waals surface area contributed by atoms with Crippen LogP contribution in [0.1, 0.15) is 128 Å². The summed E-state index contributed by atoms with van der Waals surface area (Å²) in [5.41, 5.74) is 1.28. The van der Waals surface area contributed by atoms with Gasteiger partial charge in [-0.3, -0.25) is 4.79 Å². The molecule has 1 aromatic carbocycles. The molecule has 0 aromatic heterocycles. The zero-order valence-corrected chi connectivity index (χ0v) is 20.2. The summed E-state index contributed by atoms with van der Waals surface area (Å²) in [5, 5.41) is 0. The predicted octanol–water partition coefficient (Wildman–Crippen LogP) is 8.36. The first-order valence-electron chi connectivity index (χ1n) is 13.2. The number of hydrogen-bond acceptors (Lipinski definition) is 3. The average Bonchev–Trinajstić information content (AvgIpc) is 2.79. The third-order valence-corrected chi connectivity index (χ3v) is 6.54. The van der Waals surface area contributed by atoms with Crippen LogP contribution in [0.4, 0.5) is 0 Å². The van der Waals surface area contributed by atoms with Gasteiger partial charge < -0.3 is 9.47 Å². The molecule has 0 saturated heterocycles. The first-order chi connectivity index (χ1) is 15.2. The molecule has 0 amide bonds. The zero-order valence-electron chi connectivity index (χ0n) is 20.2. The molecular formula is C28H46O3. The molecule has 1 aliphatic carbocycles. The van der Waals surface area contributed by atoms with E-state index in [1.807, 2.05) is 0 Å². The molecule has 0 bridgehead atoms. The van der Waals surface area contributed by atoms with Gasteiger partial charge in [-0.1, -0.05) is 90.2 Å². The van der Waals surface area contributed by atoms with Crippen molar-refractivity contribution in [2.45, 2.75) is 129 Å². The van der Waals surface area contributed by atoms with Crippen molar-refractivity contribution in [1.82, 2.24) is 0 Å². The lowest BCUT2D eigenvalue weighted by Gasteiger charge is -2.31. The minimum Gasteiger partial charge on any atom is -0.494 e. The van der Waals surface area contributed by atoms with E-state index in [4.69, 9.17) is 9.47 Å². The maximum absolute atomic E-state index is 12.5. The number of ether oxygens (including phenoxy) is 2. The Bertz CT molecular complexity index is 580. The van der Waals surface area contributed by atoms with E-state index in [0.717, 1.165) is 57.3 Å². The van der Waals surface area contributed by atoms with Gasteiger partial charge in [-0.05, 0) is 49.8 Å². The first-order valence-corrected chi connectivity index (χ1v) is 13.2. The van der Waals surface area contributed by atoms with Crippen molar-refractivity contribution in [2.24, 2.45) is 0 Å². The lowest BCUT2D eigenvalue weighted by atomic mass is 9.81. The van der Waals surface area contributed by atoms with Crippen molar-refractivity contribution in [2.75, 3.05) is 6.61 Å². The second kappa shape index (κ2) is 16.2. The van der Waals surface area contributed by atoms with E-state index in [1.54, 1.807) is 0 Å². The first kappa shape index (κ1) is 25.7. The van der Waals surface area contributed by atoms with Crippen molar-refractivity contribution in [3.63, 3.8) is 0 Å². The van der Waals surface area contributed by atoms with Gasteiger partial charge in [0.05, 0.1) is 6.61 Å². The highest BCUT2D eigenvalue weighted by atomic mass is 16.5. The number of hydrogen-bond donors (Lipinski definition) is 0. The Labute approximate surface area is 191 Å². The summed E-state index contributed by atoms with van der Waals surface area (Å²) in [6, 6.07) is 8.47. The third kappa shape index (κ3) is 10.6. The van der Waals surface area contributed by atoms with E-state index in [1.165, 1.54) is 56.9 Å². The minimum absolute atomic E-state index is 0.000588. The molecule has 2 atom stereocenters. The number of benzene rings is 1. The molecule has 0 unspecified atom stereocenters. The fourth-order valence-electron chi connectivity index (χ4n) is 4.57. The maximum atomic E-state index is 12.5. The molecule has 1 fully saturated rings. The largest absolute Gasteiger partial charge is 0.494 e. The highest BCUT2D eigenvalue weighted by Gasteiger charge is 2.29. The van der Waals surface area contributed by atoms with Crippen LogP contribution >= 0.6 is 0 Å². The number of unbranched alkanes of at least 4 members (excludes halogenated alkanes) is 9. The third-order valence-electron chi connectivity index (χ3n) is 6.54. The molecule has 1 aliphatic rings. The molecule has 1 aromatic rings. The lowest BCUT2D eigenvalue weighted by Crippen LogP contribution is -2.28. The smallest absolute Gasteiger partial charge is 0.306 e. The molecule has 3 heteroatoms. The quantitative estimate of drug-likeness (QED) is 0.195. The summed E-state index contributed by atoms with van der Waals surface area (Å²) in [6.07, 6.45) is 18.7. The summed E-state index contributed by atoms with van der Waals surface area (Å²) in [7, 11) is 0. The molecule has 2 rings (SSSR count). The van der Waals surface area contributed by atoms with Crippen LogP contribution in [0.2, 0.25) is 0 Å². The summed E-state index contributed by atoms with van der Waals surface area (Å²) in [6.45, 7) is 5.21. The summed E-state index contributed by atoms with van der Waals surface area (Å²) < 4.78 is 11.8. The molecule has 0 aliphatic heterocycles. The summed E-state index contributed by atoms with van der Waals surface area (Å²) in [4.78, 5) is 12.5. The molecule has 1 saturated carbocycles. The van der Waals surface area contributed by atoms with Crippen LogP contribution in [0.25, 0.3) is 0 Å². The van der Waals surface area contributed by atoms with Crippen LogP contribution in [-0.4, -0.2) is 18.7 Å². The zero-order chi connectivity index (χ0) is 22.2. The van der Waals surface area contributed by atoms with E-state index in [2.05, 4.69) is 38.1 Å². The Morgan fingerprint density at radius 2 is 1.42 bits per heavy atom. The van der Waals surface area contributed by atoms with Gasteiger partial charge in [0.15, 0.2) is 0 Å². The normalized spacial score (nSPS) is 18.6. The highest BCUT2D eigenvalue weighted by molar-refractivity contribution is 5.69. The summed E-state index contributed by atoms with van der Waals surface area (Å²) in [5.74, 6) is 1.26. The predicted molar refractivity (Wildman–Crippen MR) is 130 cm³/mol. The van der Waals surface area contributed by atoms with Gasteiger partial charge in [-0.25, -0.2) is 0 Å². The van der Waals surface area contributed by atoms with Crippen LogP contribution in [0.15, 0.2) is 24.3 Å². The molecule has 0 spiro atoms. The van der Waals surface area contributed by atoms with Gasteiger partial charge in [-0.15, -0.1) is 0 Å². The van der Waals surface area contributed by atoms with Crippen molar-refractivity contribution < 1.29 is 14.3 Å². The number of esters is 1. The van der Waals surface area contributed by atoms with E-state index >= 15 is 0 Å². The van der Waals surface area contributed by atoms with Gasteiger partial charge in [0.25, 0.3) is 0 Å². The second-order valence-electron chi connectivity index (χ2n) is 9.27. The van der Waals surface area contributed by atoms with Crippen molar-refractivity contribution >= 4 is 5.97 Å².